The molecule has 0 spiro atoms. The number of phenols is 1. The molecule has 0 radical (unpaired) electrons. The zero-order chi connectivity index (χ0) is 17.0. The number of hydrogen-bond donors (Lipinski definition) is 2. The van der Waals surface area contributed by atoms with E-state index in [1.807, 2.05) is 0 Å². The van der Waals surface area contributed by atoms with Crippen molar-refractivity contribution in [1.82, 2.24) is 5.01 Å². The summed E-state index contributed by atoms with van der Waals surface area (Å²) in [6.45, 7) is 0. The Morgan fingerprint density at radius 1 is 1.13 bits per heavy atom. The minimum atomic E-state index is -0.923. The molecule has 2 aromatic rings. The number of nitrogens with two attached hydrogens (primary N) is 1. The van der Waals surface area contributed by atoms with Crippen LogP contribution in [0.1, 0.15) is 10.4 Å². The molecule has 0 saturated carbocycles. The van der Waals surface area contributed by atoms with Crippen LogP contribution in [-0.2, 0) is 14.3 Å². The van der Waals surface area contributed by atoms with Gasteiger partial charge in [0.15, 0.2) is 0 Å². The summed E-state index contributed by atoms with van der Waals surface area (Å²) in [6.07, 6.45) is 1.65. The van der Waals surface area contributed by atoms with Crippen molar-refractivity contribution in [1.29, 1.82) is 0 Å². The molecule has 7 heteroatoms. The second kappa shape index (κ2) is 6.71. The van der Waals surface area contributed by atoms with Crippen molar-refractivity contribution >= 4 is 28.6 Å². The van der Waals surface area contributed by atoms with Crippen molar-refractivity contribution in [2.45, 2.75) is 0 Å². The van der Waals surface area contributed by atoms with Crippen molar-refractivity contribution in [3.63, 3.8) is 0 Å². The fourth-order valence-electron chi connectivity index (χ4n) is 1.92. The molecule has 0 aliphatic heterocycles. The third-order valence-electron chi connectivity index (χ3n) is 3.11. The highest BCUT2D eigenvalue weighted by Gasteiger charge is 2.21. The molecule has 0 aliphatic rings. The minimum absolute atomic E-state index is 0.119. The minimum Gasteiger partial charge on any atom is -0.507 e. The van der Waals surface area contributed by atoms with Crippen LogP contribution in [0.3, 0.4) is 0 Å². The van der Waals surface area contributed by atoms with E-state index < -0.39 is 17.8 Å². The van der Waals surface area contributed by atoms with Gasteiger partial charge in [-0.05, 0) is 22.9 Å². The van der Waals surface area contributed by atoms with Gasteiger partial charge in [-0.15, -0.1) is 0 Å². The topological polar surface area (TPSA) is 110 Å². The van der Waals surface area contributed by atoms with Gasteiger partial charge in [-0.2, -0.15) is 0 Å². The summed E-state index contributed by atoms with van der Waals surface area (Å²) < 4.78 is 4.33. The van der Waals surface area contributed by atoms with E-state index in [1.165, 1.54) is 12.1 Å². The van der Waals surface area contributed by atoms with E-state index in [1.54, 1.807) is 24.3 Å². The van der Waals surface area contributed by atoms with E-state index in [0.29, 0.717) is 10.4 Å². The maximum atomic E-state index is 12.2. The van der Waals surface area contributed by atoms with Crippen molar-refractivity contribution in [2.24, 2.45) is 5.84 Å². The quantitative estimate of drug-likeness (QED) is 0.289. The summed E-state index contributed by atoms with van der Waals surface area (Å²) in [5, 5.41) is 11.7. The van der Waals surface area contributed by atoms with Crippen LogP contribution in [0.2, 0.25) is 0 Å². The number of methoxy groups -OCH3 is 1. The van der Waals surface area contributed by atoms with Gasteiger partial charge in [-0.25, -0.2) is 15.6 Å². The maximum absolute atomic E-state index is 12.2. The van der Waals surface area contributed by atoms with Gasteiger partial charge in [-0.1, -0.05) is 24.3 Å². The third kappa shape index (κ3) is 3.53. The Morgan fingerprint density at radius 3 is 2.35 bits per heavy atom. The summed E-state index contributed by atoms with van der Waals surface area (Å²) in [5.74, 6) is 2.58. The number of carbonyl (C=O) groups is 3. The van der Waals surface area contributed by atoms with E-state index in [2.05, 4.69) is 4.74 Å². The Balaban J connectivity index is 2.29. The predicted molar refractivity (Wildman–Crippen MR) is 82.1 cm³/mol. The maximum Gasteiger partial charge on any atom is 0.330 e. The number of hydrogen-bond acceptors (Lipinski definition) is 6. The van der Waals surface area contributed by atoms with Gasteiger partial charge < -0.3 is 9.84 Å². The molecule has 2 aromatic carbocycles. The number of fused-ring (bicyclic) bond motifs is 1. The van der Waals surface area contributed by atoms with Crippen LogP contribution < -0.4 is 5.84 Å². The number of nitrogens with zero attached hydrogens (tertiary/aromatic N) is 1. The fourth-order valence-corrected chi connectivity index (χ4v) is 1.92. The highest BCUT2D eigenvalue weighted by molar-refractivity contribution is 6.11. The number of phenolic OH excluding ortho intramolecular Hbond substituents is 1. The van der Waals surface area contributed by atoms with Gasteiger partial charge in [-0.3, -0.25) is 9.59 Å². The van der Waals surface area contributed by atoms with E-state index in [9.17, 15) is 19.5 Å². The lowest BCUT2D eigenvalue weighted by Gasteiger charge is -2.14. The first-order valence-electron chi connectivity index (χ1n) is 6.55. The van der Waals surface area contributed by atoms with Crippen LogP contribution >= 0.6 is 0 Å². The highest BCUT2D eigenvalue weighted by atomic mass is 16.5. The molecule has 0 saturated heterocycles. The Bertz CT molecular complexity index is 813. The van der Waals surface area contributed by atoms with Gasteiger partial charge in [0.2, 0.25) is 0 Å². The molecular formula is C16H14N2O5. The standard InChI is InChI=1S/C16H14N2O5/c1-23-15(21)7-6-14(20)18(17)16(22)12-8-10-4-2-3-5-11(10)9-13(12)19/h2-9,19H,17H2,1H3/b7-6-. The lowest BCUT2D eigenvalue weighted by Crippen LogP contribution is -2.41. The second-order valence-corrected chi connectivity index (χ2v) is 4.59. The number of benzene rings is 2. The third-order valence-corrected chi connectivity index (χ3v) is 3.11. The van der Waals surface area contributed by atoms with E-state index in [-0.39, 0.29) is 11.3 Å². The molecule has 0 aliphatic carbocycles. The Hall–Kier alpha value is -3.19. The summed E-state index contributed by atoms with van der Waals surface area (Å²) in [7, 11) is 1.15. The van der Waals surface area contributed by atoms with Gasteiger partial charge in [0.1, 0.15) is 5.75 Å². The van der Waals surface area contributed by atoms with Crippen molar-refractivity contribution in [3.05, 3.63) is 54.1 Å². The summed E-state index contributed by atoms with van der Waals surface area (Å²) in [5.41, 5.74) is -0.119. The summed E-state index contributed by atoms with van der Waals surface area (Å²) >= 11 is 0. The number of aromatic hydroxyl groups is 1. The van der Waals surface area contributed by atoms with Gasteiger partial charge in [0, 0.05) is 12.2 Å². The molecule has 118 valence electrons. The number of carbonyl (C=O) groups excluding carboxylic acids is 3. The lowest BCUT2D eigenvalue weighted by atomic mass is 10.1. The van der Waals surface area contributed by atoms with Crippen LogP contribution in [0.25, 0.3) is 10.8 Å². The molecule has 0 heterocycles. The Kier molecular flexibility index (Phi) is 4.72. The van der Waals surface area contributed by atoms with Gasteiger partial charge in [0.05, 0.1) is 12.7 Å². The summed E-state index contributed by atoms with van der Waals surface area (Å²) in [6, 6.07) is 9.94. The molecule has 23 heavy (non-hydrogen) atoms. The number of ether oxygens (including phenoxy) is 1. The fraction of sp³-hybridized carbons (Fsp3) is 0.0625. The Labute approximate surface area is 131 Å². The molecule has 2 amide bonds. The number of esters is 1. The Morgan fingerprint density at radius 2 is 1.74 bits per heavy atom. The second-order valence-electron chi connectivity index (χ2n) is 4.59. The molecule has 0 atom stereocenters. The molecule has 7 nitrogen and oxygen atoms in total. The van der Waals surface area contributed by atoms with E-state index in [0.717, 1.165) is 24.6 Å². The SMILES string of the molecule is COC(=O)/C=C\C(=O)N(N)C(=O)c1cc2ccccc2cc1O. The lowest BCUT2D eigenvalue weighted by molar-refractivity contribution is -0.135. The number of imide groups is 1. The predicted octanol–water partition coefficient (Wildman–Crippen LogP) is 1.12. The smallest absolute Gasteiger partial charge is 0.330 e. The van der Waals surface area contributed by atoms with Crippen molar-refractivity contribution in [2.75, 3.05) is 7.11 Å². The van der Waals surface area contributed by atoms with Gasteiger partial charge in [0.25, 0.3) is 11.8 Å². The highest BCUT2D eigenvalue weighted by Crippen LogP contribution is 2.25. The van der Waals surface area contributed by atoms with E-state index in [4.69, 9.17) is 5.84 Å². The summed E-state index contributed by atoms with van der Waals surface area (Å²) in [4.78, 5) is 34.9. The first kappa shape index (κ1) is 16.2. The average Bonchev–Trinajstić information content (AvgIpc) is 2.57. The normalized spacial score (nSPS) is 10.7. The average molecular weight is 314 g/mol. The first-order chi connectivity index (χ1) is 10.9. The van der Waals surface area contributed by atoms with Crippen LogP contribution in [-0.4, -0.2) is 35.0 Å². The molecule has 0 bridgehead atoms. The molecule has 3 N–H and O–H groups in total. The first-order valence-corrected chi connectivity index (χ1v) is 6.55. The number of amides is 2. The van der Waals surface area contributed by atoms with Crippen LogP contribution in [0.5, 0.6) is 5.75 Å². The molecule has 2 rings (SSSR count). The molecule has 0 fully saturated rings. The van der Waals surface area contributed by atoms with Crippen LogP contribution in [0.15, 0.2) is 48.6 Å². The van der Waals surface area contributed by atoms with Crippen molar-refractivity contribution in [3.8, 4) is 5.75 Å². The van der Waals surface area contributed by atoms with Gasteiger partial charge >= 0.3 is 5.97 Å². The number of hydrazine groups is 1. The molecule has 0 unspecified atom stereocenters. The van der Waals surface area contributed by atoms with Crippen LogP contribution in [0.4, 0.5) is 0 Å². The largest absolute Gasteiger partial charge is 0.507 e. The molecular weight excluding hydrogens is 300 g/mol. The monoisotopic (exact) mass is 314 g/mol. The van der Waals surface area contributed by atoms with E-state index >= 15 is 0 Å². The molecule has 0 aromatic heterocycles. The van der Waals surface area contributed by atoms with Crippen molar-refractivity contribution < 1.29 is 24.2 Å². The van der Waals surface area contributed by atoms with Crippen LogP contribution in [0, 0.1) is 0 Å². The zero-order valence-electron chi connectivity index (χ0n) is 12.2. The number of rotatable bonds is 3. The zero-order valence-corrected chi connectivity index (χ0v) is 12.2.